The molecule has 19 heavy (non-hydrogen) atoms. The van der Waals surface area contributed by atoms with Crippen LogP contribution < -0.4 is 0 Å². The molecule has 0 saturated carbocycles. The molecule has 0 bridgehead atoms. The molecule has 1 atom stereocenters. The van der Waals surface area contributed by atoms with E-state index in [0.717, 1.165) is 6.07 Å². The van der Waals surface area contributed by atoms with Crippen LogP contribution in [0.1, 0.15) is 45.3 Å². The van der Waals surface area contributed by atoms with Crippen molar-refractivity contribution in [3.05, 3.63) is 33.8 Å². The van der Waals surface area contributed by atoms with E-state index < -0.39 is 23.3 Å². The van der Waals surface area contributed by atoms with Crippen molar-refractivity contribution in [3.63, 3.8) is 0 Å². The second-order valence-electron chi connectivity index (χ2n) is 4.36. The van der Waals surface area contributed by atoms with Crippen molar-refractivity contribution in [1.29, 1.82) is 0 Å². The molecule has 1 unspecified atom stereocenters. The predicted octanol–water partition coefficient (Wildman–Crippen LogP) is 4.36. The highest BCUT2D eigenvalue weighted by Gasteiger charge is 2.39. The third-order valence-electron chi connectivity index (χ3n) is 3.48. The van der Waals surface area contributed by atoms with E-state index in [2.05, 4.69) is 15.9 Å². The average molecular weight is 337 g/mol. The van der Waals surface area contributed by atoms with Gasteiger partial charge in [0.2, 0.25) is 0 Å². The van der Waals surface area contributed by atoms with Gasteiger partial charge in [0.1, 0.15) is 17.7 Å². The fraction of sp³-hybridized carbons (Fsp3) is 0.571. The van der Waals surface area contributed by atoms with Crippen molar-refractivity contribution >= 4 is 15.9 Å². The highest BCUT2D eigenvalue weighted by molar-refractivity contribution is 9.10. The summed E-state index contributed by atoms with van der Waals surface area (Å²) in [6.07, 6.45) is -0.423. The molecule has 1 aromatic carbocycles. The van der Waals surface area contributed by atoms with Gasteiger partial charge in [0.05, 0.1) is 15.6 Å². The van der Waals surface area contributed by atoms with Gasteiger partial charge in [-0.15, -0.1) is 0 Å². The van der Waals surface area contributed by atoms with Gasteiger partial charge in [0, 0.05) is 6.61 Å². The Balaban J connectivity index is 3.31. The van der Waals surface area contributed by atoms with Crippen LogP contribution in [-0.4, -0.2) is 17.3 Å². The summed E-state index contributed by atoms with van der Waals surface area (Å²) >= 11 is 3.00. The number of halogens is 3. The lowest BCUT2D eigenvalue weighted by atomic mass is 9.85. The molecule has 0 amide bonds. The standard InChI is InChI=1S/C14H19BrF2O2/c1-4-14(5-2,19-6-3)13(18)11-10(16)8-7-9(15)12(11)17/h7-8,13,18H,4-6H2,1-3H3. The van der Waals surface area contributed by atoms with E-state index in [1.807, 2.05) is 13.8 Å². The molecule has 5 heteroatoms. The molecular weight excluding hydrogens is 318 g/mol. The van der Waals surface area contributed by atoms with Gasteiger partial charge in [-0.2, -0.15) is 0 Å². The Labute approximate surface area is 120 Å². The normalized spacial score (nSPS) is 13.6. The average Bonchev–Trinajstić information content (AvgIpc) is 2.40. The van der Waals surface area contributed by atoms with Gasteiger partial charge < -0.3 is 9.84 Å². The highest BCUT2D eigenvalue weighted by Crippen LogP contribution is 2.38. The molecule has 0 heterocycles. The summed E-state index contributed by atoms with van der Waals surface area (Å²) in [5, 5.41) is 10.4. The summed E-state index contributed by atoms with van der Waals surface area (Å²) in [4.78, 5) is 0. The van der Waals surface area contributed by atoms with E-state index in [9.17, 15) is 13.9 Å². The number of rotatable bonds is 6. The lowest BCUT2D eigenvalue weighted by molar-refractivity contribution is -0.129. The monoisotopic (exact) mass is 336 g/mol. The zero-order chi connectivity index (χ0) is 14.6. The summed E-state index contributed by atoms with van der Waals surface area (Å²) in [7, 11) is 0. The van der Waals surface area contributed by atoms with Crippen molar-refractivity contribution in [3.8, 4) is 0 Å². The van der Waals surface area contributed by atoms with Gasteiger partial charge in [-0.3, -0.25) is 0 Å². The van der Waals surface area contributed by atoms with E-state index in [1.165, 1.54) is 6.07 Å². The van der Waals surface area contributed by atoms with Crippen LogP contribution in [0.5, 0.6) is 0 Å². The summed E-state index contributed by atoms with van der Waals surface area (Å²) in [6.45, 7) is 5.82. The number of hydrogen-bond acceptors (Lipinski definition) is 2. The van der Waals surface area contributed by atoms with Gasteiger partial charge in [-0.05, 0) is 47.8 Å². The first-order valence-electron chi connectivity index (χ1n) is 6.38. The van der Waals surface area contributed by atoms with E-state index in [-0.39, 0.29) is 10.0 Å². The third-order valence-corrected chi connectivity index (χ3v) is 4.09. The zero-order valence-electron chi connectivity index (χ0n) is 11.3. The molecule has 2 nitrogen and oxygen atoms in total. The van der Waals surface area contributed by atoms with Crippen LogP contribution in [-0.2, 0) is 4.74 Å². The topological polar surface area (TPSA) is 29.5 Å². The fourth-order valence-electron chi connectivity index (χ4n) is 2.26. The minimum atomic E-state index is -1.35. The van der Waals surface area contributed by atoms with Gasteiger partial charge in [0.25, 0.3) is 0 Å². The Morgan fingerprint density at radius 1 is 1.26 bits per heavy atom. The van der Waals surface area contributed by atoms with Crippen molar-refractivity contribution in [2.75, 3.05) is 6.61 Å². The molecule has 0 saturated heterocycles. The van der Waals surface area contributed by atoms with Gasteiger partial charge in [0.15, 0.2) is 0 Å². The molecule has 1 aromatic rings. The smallest absolute Gasteiger partial charge is 0.146 e. The predicted molar refractivity (Wildman–Crippen MR) is 74.0 cm³/mol. The first kappa shape index (κ1) is 16.5. The van der Waals surface area contributed by atoms with Crippen LogP contribution in [0.4, 0.5) is 8.78 Å². The lowest BCUT2D eigenvalue weighted by Crippen LogP contribution is -2.39. The maximum Gasteiger partial charge on any atom is 0.146 e. The van der Waals surface area contributed by atoms with Gasteiger partial charge in [-0.1, -0.05) is 13.8 Å². The van der Waals surface area contributed by atoms with Crippen LogP contribution in [0.25, 0.3) is 0 Å². The van der Waals surface area contributed by atoms with E-state index in [1.54, 1.807) is 6.92 Å². The lowest BCUT2D eigenvalue weighted by Gasteiger charge is -2.36. The summed E-state index contributed by atoms with van der Waals surface area (Å²) in [5.41, 5.74) is -1.32. The minimum absolute atomic E-state index is 0.126. The van der Waals surface area contributed by atoms with E-state index in [4.69, 9.17) is 4.74 Å². The Kier molecular flexibility index (Phi) is 5.89. The minimum Gasteiger partial charge on any atom is -0.385 e. The maximum absolute atomic E-state index is 14.1. The van der Waals surface area contributed by atoms with Gasteiger partial charge in [-0.25, -0.2) is 8.78 Å². The molecule has 1 rings (SSSR count). The molecule has 0 fully saturated rings. The van der Waals surface area contributed by atoms with Crippen LogP contribution in [0.3, 0.4) is 0 Å². The molecule has 1 N–H and O–H groups in total. The second-order valence-corrected chi connectivity index (χ2v) is 5.22. The van der Waals surface area contributed by atoms with Gasteiger partial charge >= 0.3 is 0 Å². The SMILES string of the molecule is CCOC(CC)(CC)C(O)c1c(F)ccc(Br)c1F. The molecule has 0 aliphatic heterocycles. The van der Waals surface area contributed by atoms with Crippen molar-refractivity contribution in [2.24, 2.45) is 0 Å². The summed E-state index contributed by atoms with van der Waals surface area (Å²) in [5.74, 6) is -1.54. The largest absolute Gasteiger partial charge is 0.385 e. The number of aliphatic hydroxyl groups is 1. The fourth-order valence-corrected chi connectivity index (χ4v) is 2.61. The first-order chi connectivity index (χ1) is 8.93. The van der Waals surface area contributed by atoms with Crippen molar-refractivity contribution in [2.45, 2.75) is 45.3 Å². The number of hydrogen-bond donors (Lipinski definition) is 1. The first-order valence-corrected chi connectivity index (χ1v) is 7.18. The molecule has 0 aliphatic rings. The second kappa shape index (κ2) is 6.77. The Hall–Kier alpha value is -0.520. The van der Waals surface area contributed by atoms with Crippen LogP contribution >= 0.6 is 15.9 Å². The highest BCUT2D eigenvalue weighted by atomic mass is 79.9. The number of benzene rings is 1. The third kappa shape index (κ3) is 3.15. The molecule has 0 radical (unpaired) electrons. The Bertz CT molecular complexity index is 434. The Morgan fingerprint density at radius 3 is 2.32 bits per heavy atom. The maximum atomic E-state index is 14.1. The van der Waals surface area contributed by atoms with Crippen LogP contribution in [0.15, 0.2) is 16.6 Å². The zero-order valence-corrected chi connectivity index (χ0v) is 12.9. The van der Waals surface area contributed by atoms with E-state index in [0.29, 0.717) is 19.4 Å². The number of aliphatic hydroxyl groups excluding tert-OH is 1. The van der Waals surface area contributed by atoms with E-state index >= 15 is 0 Å². The summed E-state index contributed by atoms with van der Waals surface area (Å²) < 4.78 is 33.6. The van der Waals surface area contributed by atoms with Crippen molar-refractivity contribution in [1.82, 2.24) is 0 Å². The molecule has 108 valence electrons. The van der Waals surface area contributed by atoms with Crippen LogP contribution in [0, 0.1) is 11.6 Å². The molecular formula is C14H19BrF2O2. The number of ether oxygens (including phenoxy) is 1. The summed E-state index contributed by atoms with van der Waals surface area (Å²) in [6, 6.07) is 2.41. The Morgan fingerprint density at radius 2 is 1.84 bits per heavy atom. The molecule has 0 spiro atoms. The quantitative estimate of drug-likeness (QED) is 0.782. The molecule has 0 aliphatic carbocycles. The van der Waals surface area contributed by atoms with Crippen LogP contribution in [0.2, 0.25) is 0 Å². The van der Waals surface area contributed by atoms with Crippen molar-refractivity contribution < 1.29 is 18.6 Å². The molecule has 0 aromatic heterocycles.